The number of benzene rings is 2. The molecule has 0 N–H and O–H groups in total. The first-order chi connectivity index (χ1) is 14.8. The second-order valence-electron chi connectivity index (χ2n) is 8.43. The predicted molar refractivity (Wildman–Crippen MR) is 126 cm³/mol. The average molecular weight is 436 g/mol. The Balaban J connectivity index is 1.73. The average Bonchev–Trinajstić information content (AvgIpc) is 3.31. The van der Waals surface area contributed by atoms with Gasteiger partial charge in [0, 0.05) is 36.5 Å². The van der Waals surface area contributed by atoms with E-state index in [1.165, 1.54) is 11.1 Å². The molecule has 0 radical (unpaired) electrons. The first-order valence-electron chi connectivity index (χ1n) is 10.6. The molecule has 4 rings (SSSR count). The zero-order chi connectivity index (χ0) is 22.0. The molecule has 1 atom stereocenters. The van der Waals surface area contributed by atoms with Crippen LogP contribution in [0.5, 0.6) is 0 Å². The van der Waals surface area contributed by atoms with Gasteiger partial charge in [-0.05, 0) is 38.5 Å². The van der Waals surface area contributed by atoms with Gasteiger partial charge < -0.3 is 0 Å². The molecular formula is C25H29N3O2S. The fourth-order valence-electron chi connectivity index (χ4n) is 4.18. The SMILES string of the molecule is C=CCN(Cc1cn(-c2ccc(C)cc2)nc1-c1cccc(C)c1)C1CCS(=O)(=O)C1. The summed E-state index contributed by atoms with van der Waals surface area (Å²) < 4.78 is 26.1. The van der Waals surface area contributed by atoms with E-state index in [9.17, 15) is 8.42 Å². The van der Waals surface area contributed by atoms with E-state index in [1.54, 1.807) is 0 Å². The van der Waals surface area contributed by atoms with Crippen LogP contribution in [0.15, 0.2) is 67.4 Å². The van der Waals surface area contributed by atoms with Gasteiger partial charge in [0.05, 0.1) is 22.9 Å². The largest absolute Gasteiger partial charge is 0.291 e. The van der Waals surface area contributed by atoms with Crippen molar-refractivity contribution >= 4 is 9.84 Å². The van der Waals surface area contributed by atoms with Gasteiger partial charge in [-0.1, -0.05) is 47.5 Å². The summed E-state index contributed by atoms with van der Waals surface area (Å²) in [6.07, 6.45) is 4.59. The van der Waals surface area contributed by atoms with Crippen molar-refractivity contribution in [3.05, 3.63) is 84.1 Å². The van der Waals surface area contributed by atoms with Crippen molar-refractivity contribution in [3.63, 3.8) is 0 Å². The van der Waals surface area contributed by atoms with Crippen LogP contribution in [0.2, 0.25) is 0 Å². The molecule has 1 unspecified atom stereocenters. The Kier molecular flexibility index (Phi) is 6.12. The maximum absolute atomic E-state index is 12.1. The van der Waals surface area contributed by atoms with Crippen LogP contribution in [0.1, 0.15) is 23.1 Å². The summed E-state index contributed by atoms with van der Waals surface area (Å²) in [7, 11) is -2.96. The van der Waals surface area contributed by atoms with Gasteiger partial charge in [-0.15, -0.1) is 6.58 Å². The monoisotopic (exact) mass is 435 g/mol. The maximum Gasteiger partial charge on any atom is 0.151 e. The number of hydrogen-bond acceptors (Lipinski definition) is 4. The van der Waals surface area contributed by atoms with Crippen molar-refractivity contribution < 1.29 is 8.42 Å². The number of sulfone groups is 1. The Bertz CT molecular complexity index is 1180. The molecule has 1 saturated heterocycles. The fourth-order valence-corrected chi connectivity index (χ4v) is 5.94. The lowest BCUT2D eigenvalue weighted by molar-refractivity contribution is 0.227. The second kappa shape index (κ2) is 8.81. The predicted octanol–water partition coefficient (Wildman–Crippen LogP) is 4.33. The molecule has 1 aromatic heterocycles. The molecule has 1 aliphatic rings. The minimum absolute atomic E-state index is 0.0103. The Morgan fingerprint density at radius 2 is 1.94 bits per heavy atom. The highest BCUT2D eigenvalue weighted by Gasteiger charge is 2.32. The number of hydrogen-bond donors (Lipinski definition) is 0. The molecule has 2 aromatic carbocycles. The highest BCUT2D eigenvalue weighted by molar-refractivity contribution is 7.91. The zero-order valence-electron chi connectivity index (χ0n) is 18.2. The quantitative estimate of drug-likeness (QED) is 0.518. The van der Waals surface area contributed by atoms with Crippen molar-refractivity contribution in [2.45, 2.75) is 32.9 Å². The summed E-state index contributed by atoms with van der Waals surface area (Å²) in [4.78, 5) is 2.22. The molecule has 31 heavy (non-hydrogen) atoms. The van der Waals surface area contributed by atoms with Crippen LogP contribution in [0, 0.1) is 13.8 Å². The molecule has 0 amide bonds. The van der Waals surface area contributed by atoms with Gasteiger partial charge in [0.2, 0.25) is 0 Å². The first-order valence-corrected chi connectivity index (χ1v) is 12.4. The normalized spacial score (nSPS) is 17.8. The van der Waals surface area contributed by atoms with E-state index in [4.69, 9.17) is 5.10 Å². The summed E-state index contributed by atoms with van der Waals surface area (Å²) >= 11 is 0. The third-order valence-corrected chi connectivity index (χ3v) is 7.59. The lowest BCUT2D eigenvalue weighted by Crippen LogP contribution is -2.35. The summed E-state index contributed by atoms with van der Waals surface area (Å²) in [5.41, 5.74) is 6.47. The lowest BCUT2D eigenvalue weighted by Gasteiger charge is -2.26. The lowest BCUT2D eigenvalue weighted by atomic mass is 10.0. The van der Waals surface area contributed by atoms with Crippen LogP contribution in [0.25, 0.3) is 16.9 Å². The highest BCUT2D eigenvalue weighted by atomic mass is 32.2. The standard InChI is InChI=1S/C25H29N3O2S/c1-4-13-27(24-12-14-31(29,30)18-24)16-22-17-28(23-10-8-19(2)9-11-23)26-25(22)21-7-5-6-20(3)15-21/h4-11,15,17,24H,1,12-14,16,18H2,2-3H3. The molecule has 0 bridgehead atoms. The third kappa shape index (κ3) is 4.97. The molecule has 162 valence electrons. The number of rotatable bonds is 7. The molecule has 5 nitrogen and oxygen atoms in total. The van der Waals surface area contributed by atoms with Gasteiger partial charge in [-0.3, -0.25) is 4.90 Å². The van der Waals surface area contributed by atoms with Crippen molar-refractivity contribution in [3.8, 4) is 16.9 Å². The van der Waals surface area contributed by atoms with Crippen LogP contribution < -0.4 is 0 Å². The minimum Gasteiger partial charge on any atom is -0.291 e. The van der Waals surface area contributed by atoms with Crippen LogP contribution >= 0.6 is 0 Å². The Morgan fingerprint density at radius 3 is 2.58 bits per heavy atom. The Labute approximate surface area is 184 Å². The second-order valence-corrected chi connectivity index (χ2v) is 10.7. The van der Waals surface area contributed by atoms with E-state index >= 15 is 0 Å². The zero-order valence-corrected chi connectivity index (χ0v) is 19.0. The highest BCUT2D eigenvalue weighted by Crippen LogP contribution is 2.28. The number of nitrogens with zero attached hydrogens (tertiary/aromatic N) is 3. The van der Waals surface area contributed by atoms with E-state index in [0.29, 0.717) is 19.5 Å². The molecule has 0 spiro atoms. The van der Waals surface area contributed by atoms with Crippen molar-refractivity contribution in [2.75, 3.05) is 18.1 Å². The molecule has 1 fully saturated rings. The van der Waals surface area contributed by atoms with Crippen LogP contribution in [0.4, 0.5) is 0 Å². The van der Waals surface area contributed by atoms with Crippen molar-refractivity contribution in [2.24, 2.45) is 0 Å². The van der Waals surface area contributed by atoms with E-state index in [2.05, 4.69) is 74.0 Å². The van der Waals surface area contributed by atoms with Crippen molar-refractivity contribution in [1.29, 1.82) is 0 Å². The summed E-state index contributed by atoms with van der Waals surface area (Å²) in [6.45, 7) is 9.31. The smallest absolute Gasteiger partial charge is 0.151 e. The van der Waals surface area contributed by atoms with Crippen molar-refractivity contribution in [1.82, 2.24) is 14.7 Å². The topological polar surface area (TPSA) is 55.2 Å². The number of aryl methyl sites for hydroxylation is 2. The van der Waals surface area contributed by atoms with Gasteiger partial charge in [0.1, 0.15) is 0 Å². The molecule has 0 aliphatic carbocycles. The molecule has 3 aromatic rings. The maximum atomic E-state index is 12.1. The van der Waals surface area contributed by atoms with Gasteiger partial charge in [0.15, 0.2) is 9.84 Å². The van der Waals surface area contributed by atoms with Gasteiger partial charge in [-0.2, -0.15) is 5.10 Å². The Morgan fingerprint density at radius 1 is 1.16 bits per heavy atom. The van der Waals surface area contributed by atoms with E-state index in [-0.39, 0.29) is 17.5 Å². The number of aromatic nitrogens is 2. The summed E-state index contributed by atoms with van der Waals surface area (Å²) in [5.74, 6) is 0.478. The van der Waals surface area contributed by atoms with Crippen LogP contribution in [-0.2, 0) is 16.4 Å². The summed E-state index contributed by atoms with van der Waals surface area (Å²) in [6, 6.07) is 16.6. The molecule has 2 heterocycles. The van der Waals surface area contributed by atoms with E-state index in [1.807, 2.05) is 16.8 Å². The molecule has 0 saturated carbocycles. The Hall–Kier alpha value is -2.70. The molecule has 6 heteroatoms. The van der Waals surface area contributed by atoms with E-state index in [0.717, 1.165) is 22.5 Å². The van der Waals surface area contributed by atoms with Gasteiger partial charge in [-0.25, -0.2) is 13.1 Å². The first kappa shape index (κ1) is 21.5. The fraction of sp³-hybridized carbons (Fsp3) is 0.320. The molecular weight excluding hydrogens is 406 g/mol. The van der Waals surface area contributed by atoms with Gasteiger partial charge in [0.25, 0.3) is 0 Å². The van der Waals surface area contributed by atoms with Crippen LogP contribution in [0.3, 0.4) is 0 Å². The van der Waals surface area contributed by atoms with E-state index < -0.39 is 9.84 Å². The minimum atomic E-state index is -2.96. The van der Waals surface area contributed by atoms with Crippen LogP contribution in [-0.4, -0.2) is 47.2 Å². The third-order valence-electron chi connectivity index (χ3n) is 5.84. The van der Waals surface area contributed by atoms with Gasteiger partial charge >= 0.3 is 0 Å². The summed E-state index contributed by atoms with van der Waals surface area (Å²) in [5, 5.41) is 4.94. The molecule has 1 aliphatic heterocycles.